The Kier molecular flexibility index (Phi) is 3.47. The largest absolute Gasteiger partial charge is 0.488 e. The molecule has 1 aliphatic heterocycles. The second-order valence-corrected chi connectivity index (χ2v) is 4.42. The number of hydrogen-bond acceptors (Lipinski definition) is 3. The summed E-state index contributed by atoms with van der Waals surface area (Å²) in [5.74, 6) is -1.33. The van der Waals surface area contributed by atoms with Gasteiger partial charge >= 0.3 is 0 Å². The lowest BCUT2D eigenvalue weighted by Gasteiger charge is -2.29. The van der Waals surface area contributed by atoms with Gasteiger partial charge in [0.1, 0.15) is 23.4 Å². The van der Waals surface area contributed by atoms with E-state index in [4.69, 9.17) is 10.5 Å². The Hall–Kier alpha value is -1.36. The molecule has 17 heavy (non-hydrogen) atoms. The molecule has 2 N–H and O–H groups in total. The molecule has 0 bridgehead atoms. The molecule has 1 fully saturated rings. The van der Waals surface area contributed by atoms with Crippen molar-refractivity contribution in [2.45, 2.75) is 18.9 Å². The number of nitrogens with two attached hydrogens (primary N) is 1. The van der Waals surface area contributed by atoms with Crippen molar-refractivity contribution < 1.29 is 13.5 Å². The Labute approximate surface area is 99.2 Å². The number of likely N-dealkylation sites (tertiary alicyclic amines) is 1. The Morgan fingerprint density at radius 2 is 1.94 bits per heavy atom. The van der Waals surface area contributed by atoms with E-state index in [1.165, 1.54) is 0 Å². The van der Waals surface area contributed by atoms with Gasteiger partial charge in [-0.3, -0.25) is 0 Å². The normalized spacial score (nSPS) is 18.3. The minimum atomic E-state index is -0.770. The molecule has 1 heterocycles. The topological polar surface area (TPSA) is 38.5 Å². The summed E-state index contributed by atoms with van der Waals surface area (Å²) in [6.07, 6.45) is 1.66. The molecule has 0 aromatic heterocycles. The van der Waals surface area contributed by atoms with Crippen LogP contribution in [0.15, 0.2) is 12.1 Å². The molecule has 0 amide bonds. The van der Waals surface area contributed by atoms with Crippen LogP contribution in [0.1, 0.15) is 12.8 Å². The first-order chi connectivity index (χ1) is 8.06. The van der Waals surface area contributed by atoms with Crippen molar-refractivity contribution in [1.82, 2.24) is 4.90 Å². The van der Waals surface area contributed by atoms with Crippen molar-refractivity contribution in [1.29, 1.82) is 0 Å². The Morgan fingerprint density at radius 3 is 2.59 bits per heavy atom. The third kappa shape index (κ3) is 2.85. The smallest absolute Gasteiger partial charge is 0.152 e. The molecular weight excluding hydrogens is 226 g/mol. The highest BCUT2D eigenvalue weighted by Gasteiger charge is 2.20. The second-order valence-electron chi connectivity index (χ2n) is 4.42. The number of benzene rings is 1. The van der Waals surface area contributed by atoms with Crippen LogP contribution in [-0.2, 0) is 0 Å². The molecule has 2 rings (SSSR count). The minimum absolute atomic E-state index is 0.0188. The van der Waals surface area contributed by atoms with E-state index in [0.29, 0.717) is 0 Å². The van der Waals surface area contributed by atoms with Gasteiger partial charge in [0, 0.05) is 25.2 Å². The molecule has 0 unspecified atom stereocenters. The van der Waals surface area contributed by atoms with E-state index in [0.717, 1.165) is 38.1 Å². The summed E-state index contributed by atoms with van der Waals surface area (Å²) < 4.78 is 31.8. The van der Waals surface area contributed by atoms with Gasteiger partial charge in [-0.05, 0) is 19.9 Å². The zero-order valence-corrected chi connectivity index (χ0v) is 9.75. The molecule has 0 spiro atoms. The van der Waals surface area contributed by atoms with E-state index in [1.54, 1.807) is 0 Å². The van der Waals surface area contributed by atoms with Gasteiger partial charge in [0.05, 0.1) is 0 Å². The maximum absolute atomic E-state index is 13.2. The fourth-order valence-corrected chi connectivity index (χ4v) is 1.94. The third-order valence-corrected chi connectivity index (χ3v) is 3.02. The zero-order valence-electron chi connectivity index (χ0n) is 9.75. The highest BCUT2D eigenvalue weighted by atomic mass is 19.1. The maximum atomic E-state index is 13.2. The van der Waals surface area contributed by atoms with E-state index < -0.39 is 11.6 Å². The predicted molar refractivity (Wildman–Crippen MR) is 61.9 cm³/mol. The Balaban J connectivity index is 2.08. The van der Waals surface area contributed by atoms with Crippen molar-refractivity contribution in [2.24, 2.45) is 0 Å². The van der Waals surface area contributed by atoms with Gasteiger partial charge in [0.15, 0.2) is 5.82 Å². The van der Waals surface area contributed by atoms with E-state index in [-0.39, 0.29) is 17.5 Å². The Bertz CT molecular complexity index is 404. The van der Waals surface area contributed by atoms with Gasteiger partial charge in [0.25, 0.3) is 0 Å². The average Bonchev–Trinajstić information content (AvgIpc) is 2.28. The molecule has 3 nitrogen and oxygen atoms in total. The molecule has 0 saturated carbocycles. The lowest BCUT2D eigenvalue weighted by Crippen LogP contribution is -2.35. The van der Waals surface area contributed by atoms with Crippen LogP contribution in [0.5, 0.6) is 5.75 Å². The zero-order chi connectivity index (χ0) is 12.4. The summed E-state index contributed by atoms with van der Waals surface area (Å²) in [7, 11) is 2.03. The minimum Gasteiger partial charge on any atom is -0.488 e. The average molecular weight is 242 g/mol. The number of hydrogen-bond donors (Lipinski definition) is 1. The molecule has 1 aromatic rings. The molecule has 1 aliphatic rings. The van der Waals surface area contributed by atoms with Crippen molar-refractivity contribution >= 4 is 5.69 Å². The van der Waals surface area contributed by atoms with Gasteiger partial charge < -0.3 is 15.4 Å². The standard InChI is InChI=1S/C12H16F2N2O/c1-16-4-2-9(3-5-16)17-11-7-8(13)6-10(14)12(11)15/h6-7,9H,2-5,15H2,1H3. The first kappa shape index (κ1) is 12.1. The first-order valence-electron chi connectivity index (χ1n) is 5.66. The van der Waals surface area contributed by atoms with E-state index in [2.05, 4.69) is 4.90 Å². The highest BCUT2D eigenvalue weighted by molar-refractivity contribution is 5.53. The monoisotopic (exact) mass is 242 g/mol. The number of nitrogen functional groups attached to an aromatic ring is 1. The van der Waals surface area contributed by atoms with Gasteiger partial charge in [0.2, 0.25) is 0 Å². The molecule has 5 heteroatoms. The van der Waals surface area contributed by atoms with Gasteiger partial charge in [-0.1, -0.05) is 0 Å². The maximum Gasteiger partial charge on any atom is 0.152 e. The van der Waals surface area contributed by atoms with Crippen molar-refractivity contribution in [3.8, 4) is 5.75 Å². The fourth-order valence-electron chi connectivity index (χ4n) is 1.94. The van der Waals surface area contributed by atoms with Crippen molar-refractivity contribution in [3.63, 3.8) is 0 Å². The Morgan fingerprint density at radius 1 is 1.29 bits per heavy atom. The lowest BCUT2D eigenvalue weighted by molar-refractivity contribution is 0.114. The van der Waals surface area contributed by atoms with Crippen molar-refractivity contribution in [2.75, 3.05) is 25.9 Å². The second kappa shape index (κ2) is 4.87. The SMILES string of the molecule is CN1CCC(Oc2cc(F)cc(F)c2N)CC1. The number of rotatable bonds is 2. The van der Waals surface area contributed by atoms with Crippen LogP contribution in [0.25, 0.3) is 0 Å². The predicted octanol–water partition coefficient (Wildman–Crippen LogP) is 2.02. The van der Waals surface area contributed by atoms with Crippen LogP contribution >= 0.6 is 0 Å². The van der Waals surface area contributed by atoms with Crippen LogP contribution in [0, 0.1) is 11.6 Å². The number of nitrogens with zero attached hydrogens (tertiary/aromatic N) is 1. The van der Waals surface area contributed by atoms with Crippen LogP contribution in [0.3, 0.4) is 0 Å². The van der Waals surface area contributed by atoms with Gasteiger partial charge in [-0.25, -0.2) is 8.78 Å². The summed E-state index contributed by atoms with van der Waals surface area (Å²) in [5.41, 5.74) is 5.40. The van der Waals surface area contributed by atoms with Gasteiger partial charge in [-0.2, -0.15) is 0 Å². The van der Waals surface area contributed by atoms with Crippen LogP contribution < -0.4 is 10.5 Å². The van der Waals surface area contributed by atoms with Gasteiger partial charge in [-0.15, -0.1) is 0 Å². The highest BCUT2D eigenvalue weighted by Crippen LogP contribution is 2.28. The van der Waals surface area contributed by atoms with Crippen molar-refractivity contribution in [3.05, 3.63) is 23.8 Å². The molecule has 0 radical (unpaired) electrons. The number of halogens is 2. The molecular formula is C12H16F2N2O. The number of piperidine rings is 1. The first-order valence-corrected chi connectivity index (χ1v) is 5.66. The summed E-state index contributed by atoms with van der Waals surface area (Å²) in [4.78, 5) is 2.19. The third-order valence-electron chi connectivity index (χ3n) is 3.02. The molecule has 0 atom stereocenters. The molecule has 1 saturated heterocycles. The number of anilines is 1. The molecule has 0 aliphatic carbocycles. The van der Waals surface area contributed by atoms with Crippen LogP contribution in [0.4, 0.5) is 14.5 Å². The van der Waals surface area contributed by atoms with Crippen LogP contribution in [0.2, 0.25) is 0 Å². The van der Waals surface area contributed by atoms with Crippen LogP contribution in [-0.4, -0.2) is 31.1 Å². The van der Waals surface area contributed by atoms with E-state index in [1.807, 2.05) is 7.05 Å². The summed E-state index contributed by atoms with van der Waals surface area (Å²) in [6, 6.07) is 1.90. The fraction of sp³-hybridized carbons (Fsp3) is 0.500. The van der Waals surface area contributed by atoms with E-state index in [9.17, 15) is 8.78 Å². The lowest BCUT2D eigenvalue weighted by atomic mass is 10.1. The summed E-state index contributed by atoms with van der Waals surface area (Å²) >= 11 is 0. The summed E-state index contributed by atoms with van der Waals surface area (Å²) in [5, 5.41) is 0. The summed E-state index contributed by atoms with van der Waals surface area (Å²) in [6.45, 7) is 1.84. The quantitative estimate of drug-likeness (QED) is 0.806. The molecule has 94 valence electrons. The number of ether oxygens (including phenoxy) is 1. The molecule has 1 aromatic carbocycles. The van der Waals surface area contributed by atoms with E-state index >= 15 is 0 Å².